The second-order valence-corrected chi connectivity index (χ2v) is 13.5. The molecule has 0 aliphatic carbocycles. The van der Waals surface area contributed by atoms with Gasteiger partial charge in [-0.25, -0.2) is 4.85 Å². The van der Waals surface area contributed by atoms with Crippen molar-refractivity contribution in [3.8, 4) is 50.2 Å². The number of aromatic nitrogens is 1. The first-order valence-corrected chi connectivity index (χ1v) is 18.0. The van der Waals surface area contributed by atoms with E-state index in [1.165, 1.54) is 60.0 Å². The zero-order chi connectivity index (χ0) is 35.3. The lowest BCUT2D eigenvalue weighted by molar-refractivity contribution is 1.18. The third-order valence-corrected chi connectivity index (χ3v) is 10.6. The minimum Gasteiger partial charge on any atom is -0.309 e. The van der Waals surface area contributed by atoms with Gasteiger partial charge in [0.05, 0.1) is 17.6 Å². The zero-order valence-corrected chi connectivity index (χ0v) is 28.9. The topological polar surface area (TPSA) is 9.29 Å². The molecule has 0 N–H and O–H groups in total. The first-order chi connectivity index (χ1) is 26.3. The van der Waals surface area contributed by atoms with Crippen LogP contribution in [-0.4, -0.2) is 4.57 Å². The van der Waals surface area contributed by atoms with Crippen molar-refractivity contribution in [2.45, 2.75) is 0 Å². The van der Waals surface area contributed by atoms with Gasteiger partial charge in [-0.15, -0.1) is 0 Å². The van der Waals surface area contributed by atoms with Crippen molar-refractivity contribution < 1.29 is 0 Å². The number of benzene rings is 9. The smallest absolute Gasteiger partial charge is 0.195 e. The van der Waals surface area contributed by atoms with Crippen LogP contribution in [0.2, 0.25) is 0 Å². The van der Waals surface area contributed by atoms with Crippen LogP contribution in [0.1, 0.15) is 0 Å². The van der Waals surface area contributed by atoms with E-state index >= 15 is 0 Å². The van der Waals surface area contributed by atoms with Crippen molar-refractivity contribution in [2.75, 3.05) is 0 Å². The Hall–Kier alpha value is -7.21. The minimum atomic E-state index is 0.643. The third kappa shape index (κ3) is 5.02. The summed E-state index contributed by atoms with van der Waals surface area (Å²) in [6.45, 7) is 8.15. The first-order valence-electron chi connectivity index (χ1n) is 18.0. The average molecular weight is 673 g/mol. The molecule has 0 aliphatic rings. The Labute approximate surface area is 308 Å². The number of nitrogens with zero attached hydrogens (tertiary/aromatic N) is 2. The second-order valence-electron chi connectivity index (χ2n) is 13.5. The van der Waals surface area contributed by atoms with E-state index in [-0.39, 0.29) is 0 Å². The van der Waals surface area contributed by atoms with Crippen LogP contribution in [0.5, 0.6) is 0 Å². The summed E-state index contributed by atoms with van der Waals surface area (Å²) in [6.07, 6.45) is 0. The maximum atomic E-state index is 8.15. The Morgan fingerprint density at radius 2 is 0.755 bits per heavy atom. The Morgan fingerprint density at radius 1 is 0.340 bits per heavy atom. The zero-order valence-electron chi connectivity index (χ0n) is 28.9. The highest BCUT2D eigenvalue weighted by Crippen LogP contribution is 2.44. The lowest BCUT2D eigenvalue weighted by atomic mass is 9.85. The third-order valence-electron chi connectivity index (χ3n) is 10.6. The molecule has 0 unspecified atom stereocenters. The summed E-state index contributed by atoms with van der Waals surface area (Å²) in [5, 5.41) is 7.44. The average Bonchev–Trinajstić information content (AvgIpc) is 3.57. The van der Waals surface area contributed by atoms with Gasteiger partial charge in [-0.2, -0.15) is 0 Å². The van der Waals surface area contributed by atoms with Crippen LogP contribution >= 0.6 is 0 Å². The Morgan fingerprint density at radius 3 is 1.28 bits per heavy atom. The molecule has 0 aliphatic heterocycles. The molecule has 0 spiro atoms. The van der Waals surface area contributed by atoms with Crippen molar-refractivity contribution in [3.63, 3.8) is 0 Å². The highest BCUT2D eigenvalue weighted by Gasteiger charge is 2.17. The quantitative estimate of drug-likeness (QED) is 0.127. The molecule has 246 valence electrons. The lowest BCUT2D eigenvalue weighted by Gasteiger charge is -2.18. The predicted molar refractivity (Wildman–Crippen MR) is 224 cm³/mol. The van der Waals surface area contributed by atoms with Crippen LogP contribution in [-0.2, 0) is 0 Å². The van der Waals surface area contributed by atoms with E-state index < -0.39 is 0 Å². The van der Waals surface area contributed by atoms with Gasteiger partial charge in [0.15, 0.2) is 5.69 Å². The molecule has 2 heteroatoms. The van der Waals surface area contributed by atoms with Crippen LogP contribution in [0.15, 0.2) is 194 Å². The van der Waals surface area contributed by atoms with Crippen LogP contribution in [0.4, 0.5) is 5.69 Å². The number of para-hydroxylation sites is 2. The number of rotatable bonds is 5. The molecule has 0 bridgehead atoms. The van der Waals surface area contributed by atoms with Gasteiger partial charge in [0, 0.05) is 16.5 Å². The monoisotopic (exact) mass is 672 g/mol. The van der Waals surface area contributed by atoms with Crippen molar-refractivity contribution in [2.24, 2.45) is 0 Å². The summed E-state index contributed by atoms with van der Waals surface area (Å²) in [5.74, 6) is 0. The Balaban J connectivity index is 1.01. The van der Waals surface area contributed by atoms with Crippen LogP contribution in [0.3, 0.4) is 0 Å². The largest absolute Gasteiger partial charge is 0.309 e. The fourth-order valence-corrected chi connectivity index (χ4v) is 8.22. The van der Waals surface area contributed by atoms with Crippen molar-refractivity contribution in [1.82, 2.24) is 4.57 Å². The van der Waals surface area contributed by atoms with E-state index in [0.717, 1.165) is 33.5 Å². The van der Waals surface area contributed by atoms with E-state index in [1.54, 1.807) is 0 Å². The first kappa shape index (κ1) is 30.6. The van der Waals surface area contributed by atoms with E-state index in [2.05, 4.69) is 197 Å². The molecule has 0 saturated heterocycles. The maximum absolute atomic E-state index is 8.15. The Kier molecular flexibility index (Phi) is 7.23. The molecule has 10 aromatic rings. The molecule has 0 radical (unpaired) electrons. The van der Waals surface area contributed by atoms with E-state index in [0.29, 0.717) is 5.69 Å². The van der Waals surface area contributed by atoms with Crippen molar-refractivity contribution >= 4 is 49.0 Å². The van der Waals surface area contributed by atoms with Crippen LogP contribution < -0.4 is 0 Å². The van der Waals surface area contributed by atoms with Gasteiger partial charge in [-0.3, -0.25) is 0 Å². The number of fused-ring (bicyclic) bond motifs is 5. The minimum absolute atomic E-state index is 0.643. The molecule has 1 aromatic heterocycles. The summed E-state index contributed by atoms with van der Waals surface area (Å²) >= 11 is 0. The number of hydrogen-bond acceptors (Lipinski definition) is 0. The molecule has 2 nitrogen and oxygen atoms in total. The second kappa shape index (κ2) is 12.5. The molecule has 9 aromatic carbocycles. The molecule has 10 rings (SSSR count). The van der Waals surface area contributed by atoms with Crippen LogP contribution in [0.25, 0.3) is 98.4 Å². The van der Waals surface area contributed by atoms with Gasteiger partial charge in [0.25, 0.3) is 0 Å². The van der Waals surface area contributed by atoms with Gasteiger partial charge in [-0.1, -0.05) is 164 Å². The van der Waals surface area contributed by atoms with Crippen LogP contribution in [0, 0.1) is 6.57 Å². The molecular weight excluding hydrogens is 641 g/mol. The summed E-state index contributed by atoms with van der Waals surface area (Å²) in [6, 6.07) is 69.0. The molecule has 0 atom stereocenters. The SMILES string of the molecule is [C-]#[N+]c1cc(-c2ccc(-n3c4ccccc4c4ccccc43)cc2)ccc1-c1ccc(-c2c3ccccc3c(-c3ccccc3)c3ccccc23)cc1. The van der Waals surface area contributed by atoms with Gasteiger partial charge >= 0.3 is 0 Å². The fourth-order valence-electron chi connectivity index (χ4n) is 8.22. The maximum Gasteiger partial charge on any atom is 0.195 e. The fraction of sp³-hybridized carbons (Fsp3) is 0. The van der Waals surface area contributed by atoms with E-state index in [1.807, 2.05) is 6.07 Å². The Bertz CT molecular complexity index is 2920. The summed E-state index contributed by atoms with van der Waals surface area (Å²) < 4.78 is 2.33. The molecule has 0 saturated carbocycles. The lowest BCUT2D eigenvalue weighted by Crippen LogP contribution is -1.93. The van der Waals surface area contributed by atoms with Gasteiger partial charge in [-0.05, 0) is 96.4 Å². The van der Waals surface area contributed by atoms with E-state index in [4.69, 9.17) is 6.57 Å². The summed E-state index contributed by atoms with van der Waals surface area (Å²) in [7, 11) is 0. The van der Waals surface area contributed by atoms with Crippen molar-refractivity contribution in [1.29, 1.82) is 0 Å². The van der Waals surface area contributed by atoms with Gasteiger partial charge in [0.2, 0.25) is 0 Å². The van der Waals surface area contributed by atoms with Gasteiger partial charge < -0.3 is 4.57 Å². The van der Waals surface area contributed by atoms with Crippen molar-refractivity contribution in [3.05, 3.63) is 206 Å². The molecule has 0 fully saturated rings. The standard InChI is InChI=1S/C51H32N2/c1-52-47-33-38(34-27-30-39(31-28-34)53-48-21-11-9-15-41(48)42-16-10-12-22-49(42)53)29-32-40(47)35-23-25-37(26-24-35)51-45-19-7-5-17-43(45)50(36-13-3-2-4-14-36)44-18-6-8-20-46(44)51/h2-33H. The highest BCUT2D eigenvalue weighted by molar-refractivity contribution is 6.21. The summed E-state index contributed by atoms with van der Waals surface area (Å²) in [5.41, 5.74) is 13.1. The molecule has 53 heavy (non-hydrogen) atoms. The normalized spacial score (nSPS) is 11.4. The predicted octanol–water partition coefficient (Wildman–Crippen LogP) is 14.3. The van der Waals surface area contributed by atoms with Gasteiger partial charge in [0.1, 0.15) is 0 Å². The molecular formula is C51H32N2. The van der Waals surface area contributed by atoms with E-state index in [9.17, 15) is 0 Å². The number of hydrogen-bond donors (Lipinski definition) is 0. The summed E-state index contributed by atoms with van der Waals surface area (Å²) in [4.78, 5) is 4.01. The highest BCUT2D eigenvalue weighted by atomic mass is 15.0. The molecule has 1 heterocycles. The molecule has 0 amide bonds.